The molecule has 1 nitrogen and oxygen atoms in total. The Hall–Kier alpha value is -1.03. The van der Waals surface area contributed by atoms with Crippen LogP contribution in [0.4, 0.5) is 13.2 Å². The molecule has 1 saturated carbocycles. The van der Waals surface area contributed by atoms with Gasteiger partial charge in [0.15, 0.2) is 0 Å². The Bertz CT molecular complexity index is 416. The maximum Gasteiger partial charge on any atom is 0.391 e. The van der Waals surface area contributed by atoms with Gasteiger partial charge in [0, 0.05) is 6.04 Å². The maximum absolute atomic E-state index is 12.7. The minimum absolute atomic E-state index is 0.157. The second-order valence-electron chi connectivity index (χ2n) is 5.83. The molecule has 0 saturated heterocycles. The highest BCUT2D eigenvalue weighted by molar-refractivity contribution is 5.24. The number of aryl methyl sites for hydroxylation is 1. The van der Waals surface area contributed by atoms with Crippen molar-refractivity contribution in [1.82, 2.24) is 5.32 Å². The van der Waals surface area contributed by atoms with Crippen molar-refractivity contribution < 1.29 is 13.2 Å². The number of nitrogens with one attached hydrogen (secondary N) is 1. The third-order valence-electron chi connectivity index (χ3n) is 4.45. The smallest absolute Gasteiger partial charge is 0.313 e. The van der Waals surface area contributed by atoms with Crippen LogP contribution in [-0.4, -0.2) is 13.2 Å². The number of hydrogen-bond donors (Lipinski definition) is 1. The third kappa shape index (κ3) is 3.54. The molecule has 1 fully saturated rings. The summed E-state index contributed by atoms with van der Waals surface area (Å²) in [7, 11) is 1.89. The first-order valence-electron chi connectivity index (χ1n) is 7.22. The molecule has 0 amide bonds. The molecule has 4 heteroatoms. The van der Waals surface area contributed by atoms with Gasteiger partial charge < -0.3 is 5.32 Å². The lowest BCUT2D eigenvalue weighted by molar-refractivity contribution is -0.184. The van der Waals surface area contributed by atoms with Gasteiger partial charge in [-0.3, -0.25) is 0 Å². The molecule has 1 aliphatic carbocycles. The molecule has 1 unspecified atom stereocenters. The summed E-state index contributed by atoms with van der Waals surface area (Å²) in [5.74, 6) is -0.810. The minimum Gasteiger partial charge on any atom is -0.313 e. The number of alkyl halides is 3. The summed E-state index contributed by atoms with van der Waals surface area (Å²) in [4.78, 5) is 0. The molecule has 1 aliphatic rings. The lowest BCUT2D eigenvalue weighted by Crippen LogP contribution is -2.33. The molecule has 0 aliphatic heterocycles. The van der Waals surface area contributed by atoms with Crippen molar-refractivity contribution in [2.45, 2.75) is 44.8 Å². The van der Waals surface area contributed by atoms with Crippen molar-refractivity contribution in [2.24, 2.45) is 11.8 Å². The first-order chi connectivity index (χ1) is 9.41. The molecular weight excluding hydrogens is 263 g/mol. The standard InChI is InChI=1S/C16H22F3N/c1-11-3-5-12(6-4-11)15(20-2)13-7-9-14(10-8-13)16(17,18)19/h3-6,13-15,20H,7-10H2,1-2H3. The van der Waals surface area contributed by atoms with Crippen LogP contribution in [0.15, 0.2) is 24.3 Å². The van der Waals surface area contributed by atoms with Crippen LogP contribution in [0.2, 0.25) is 0 Å². The zero-order chi connectivity index (χ0) is 14.8. The van der Waals surface area contributed by atoms with E-state index in [-0.39, 0.29) is 18.9 Å². The van der Waals surface area contributed by atoms with Crippen molar-refractivity contribution in [3.05, 3.63) is 35.4 Å². The summed E-state index contributed by atoms with van der Waals surface area (Å²) < 4.78 is 38.1. The quantitative estimate of drug-likeness (QED) is 0.854. The molecule has 0 bridgehead atoms. The zero-order valence-electron chi connectivity index (χ0n) is 12.0. The van der Waals surface area contributed by atoms with E-state index in [0.29, 0.717) is 18.8 Å². The SMILES string of the molecule is CNC(c1ccc(C)cc1)C1CCC(C(F)(F)F)CC1. The molecule has 0 spiro atoms. The first kappa shape index (κ1) is 15.4. The van der Waals surface area contributed by atoms with Crippen LogP contribution in [0, 0.1) is 18.8 Å². The second-order valence-corrected chi connectivity index (χ2v) is 5.83. The van der Waals surface area contributed by atoms with Crippen molar-refractivity contribution in [2.75, 3.05) is 7.05 Å². The Morgan fingerprint density at radius 2 is 1.60 bits per heavy atom. The van der Waals surface area contributed by atoms with E-state index in [1.54, 1.807) is 0 Å². The summed E-state index contributed by atoms with van der Waals surface area (Å²) in [5, 5.41) is 3.28. The normalized spacial score (nSPS) is 25.4. The molecule has 0 heterocycles. The van der Waals surface area contributed by atoms with Gasteiger partial charge in [0.1, 0.15) is 0 Å². The predicted molar refractivity (Wildman–Crippen MR) is 74.5 cm³/mol. The Labute approximate surface area is 118 Å². The van der Waals surface area contributed by atoms with Crippen molar-refractivity contribution >= 4 is 0 Å². The van der Waals surface area contributed by atoms with Crippen molar-refractivity contribution in [3.8, 4) is 0 Å². The lowest BCUT2D eigenvalue weighted by Gasteiger charge is -2.34. The summed E-state index contributed by atoms with van der Waals surface area (Å²) in [5.41, 5.74) is 2.37. The summed E-state index contributed by atoms with van der Waals surface area (Å²) >= 11 is 0. The summed E-state index contributed by atoms with van der Waals surface area (Å²) in [6.45, 7) is 2.03. The molecule has 2 rings (SSSR count). The van der Waals surface area contributed by atoms with E-state index in [2.05, 4.69) is 29.6 Å². The Morgan fingerprint density at radius 1 is 1.05 bits per heavy atom. The fraction of sp³-hybridized carbons (Fsp3) is 0.625. The van der Waals surface area contributed by atoms with Crippen LogP contribution in [0.5, 0.6) is 0 Å². The van der Waals surface area contributed by atoms with E-state index < -0.39 is 12.1 Å². The van der Waals surface area contributed by atoms with E-state index in [4.69, 9.17) is 0 Å². The Kier molecular flexibility index (Phi) is 4.74. The summed E-state index contributed by atoms with van der Waals surface area (Å²) in [6, 6.07) is 8.42. The fourth-order valence-corrected chi connectivity index (χ4v) is 3.23. The van der Waals surface area contributed by atoms with Gasteiger partial charge in [-0.05, 0) is 51.1 Å². The lowest BCUT2D eigenvalue weighted by atomic mass is 9.76. The highest BCUT2D eigenvalue weighted by Gasteiger charge is 2.42. The van der Waals surface area contributed by atoms with Gasteiger partial charge in [-0.25, -0.2) is 0 Å². The maximum atomic E-state index is 12.7. The molecule has 1 atom stereocenters. The first-order valence-corrected chi connectivity index (χ1v) is 7.22. The fourth-order valence-electron chi connectivity index (χ4n) is 3.23. The van der Waals surface area contributed by atoms with E-state index in [1.165, 1.54) is 11.1 Å². The zero-order valence-corrected chi connectivity index (χ0v) is 12.0. The van der Waals surface area contributed by atoms with E-state index >= 15 is 0 Å². The Morgan fingerprint density at radius 3 is 2.05 bits per heavy atom. The van der Waals surface area contributed by atoms with E-state index in [9.17, 15) is 13.2 Å². The topological polar surface area (TPSA) is 12.0 Å². The molecule has 112 valence electrons. The summed E-state index contributed by atoms with van der Waals surface area (Å²) in [6.07, 6.45) is -2.21. The minimum atomic E-state index is -4.02. The number of benzene rings is 1. The van der Waals surface area contributed by atoms with Gasteiger partial charge in [0.05, 0.1) is 5.92 Å². The second kappa shape index (κ2) is 6.17. The number of rotatable bonds is 3. The third-order valence-corrected chi connectivity index (χ3v) is 4.45. The van der Waals surface area contributed by atoms with Gasteiger partial charge in [-0.1, -0.05) is 29.8 Å². The molecule has 0 aromatic heterocycles. The molecule has 0 radical (unpaired) electrons. The number of halogens is 3. The van der Waals surface area contributed by atoms with Crippen LogP contribution in [0.25, 0.3) is 0 Å². The highest BCUT2D eigenvalue weighted by Crippen LogP contribution is 2.43. The monoisotopic (exact) mass is 285 g/mol. The largest absolute Gasteiger partial charge is 0.391 e. The molecule has 1 N–H and O–H groups in total. The Balaban J connectivity index is 2.02. The predicted octanol–water partition coefficient (Wildman–Crippen LogP) is 4.62. The molecular formula is C16H22F3N. The van der Waals surface area contributed by atoms with Gasteiger partial charge in [-0.2, -0.15) is 13.2 Å². The van der Waals surface area contributed by atoms with E-state index in [1.807, 2.05) is 14.0 Å². The highest BCUT2D eigenvalue weighted by atomic mass is 19.4. The molecule has 1 aromatic carbocycles. The van der Waals surface area contributed by atoms with Crippen molar-refractivity contribution in [3.63, 3.8) is 0 Å². The van der Waals surface area contributed by atoms with Gasteiger partial charge in [0.25, 0.3) is 0 Å². The number of hydrogen-bond acceptors (Lipinski definition) is 1. The molecule has 1 aromatic rings. The average molecular weight is 285 g/mol. The van der Waals surface area contributed by atoms with Gasteiger partial charge in [0.2, 0.25) is 0 Å². The van der Waals surface area contributed by atoms with Crippen LogP contribution in [-0.2, 0) is 0 Å². The van der Waals surface area contributed by atoms with Gasteiger partial charge in [-0.15, -0.1) is 0 Å². The van der Waals surface area contributed by atoms with E-state index in [0.717, 1.165) is 0 Å². The molecule has 20 heavy (non-hydrogen) atoms. The van der Waals surface area contributed by atoms with Crippen LogP contribution >= 0.6 is 0 Å². The van der Waals surface area contributed by atoms with Crippen LogP contribution < -0.4 is 5.32 Å². The van der Waals surface area contributed by atoms with Crippen LogP contribution in [0.3, 0.4) is 0 Å². The average Bonchev–Trinajstić information content (AvgIpc) is 2.41. The van der Waals surface area contributed by atoms with Crippen molar-refractivity contribution in [1.29, 1.82) is 0 Å². The van der Waals surface area contributed by atoms with Gasteiger partial charge >= 0.3 is 6.18 Å². The van der Waals surface area contributed by atoms with Crippen LogP contribution in [0.1, 0.15) is 42.9 Å².